The summed E-state index contributed by atoms with van der Waals surface area (Å²) in [6.07, 6.45) is 0. The smallest absolute Gasteiger partial charge is 0.215 e. The first-order valence-corrected chi connectivity index (χ1v) is 6.18. The van der Waals surface area contributed by atoms with Crippen LogP contribution in [0.1, 0.15) is 0 Å². The van der Waals surface area contributed by atoms with Crippen LogP contribution in [-0.4, -0.2) is 22.1 Å². The molecule has 86 valence electrons. The molecule has 0 amide bonds. The van der Waals surface area contributed by atoms with Gasteiger partial charge in [0.25, 0.3) is 0 Å². The summed E-state index contributed by atoms with van der Waals surface area (Å²) < 4.78 is 5.06. The molecular formula is C11H8ClN3OS. The zero-order chi connectivity index (χ0) is 11.8. The van der Waals surface area contributed by atoms with Crippen molar-refractivity contribution in [2.24, 2.45) is 0 Å². The minimum atomic E-state index is 0.549. The standard InChI is InChI=1S/C11H8ClN3OS/c1-16-8-3-2-7-10(14-8)15-11(13-7)9-6(12)4-5-17-9/h2-5H,1H3,(H,13,14,15). The molecular weight excluding hydrogens is 258 g/mol. The van der Waals surface area contributed by atoms with E-state index in [1.807, 2.05) is 17.5 Å². The number of hydrogen-bond acceptors (Lipinski definition) is 4. The van der Waals surface area contributed by atoms with Crippen molar-refractivity contribution < 1.29 is 4.74 Å². The second-order valence-corrected chi connectivity index (χ2v) is 4.73. The lowest BCUT2D eigenvalue weighted by molar-refractivity contribution is 0.399. The summed E-state index contributed by atoms with van der Waals surface area (Å²) in [6.45, 7) is 0. The van der Waals surface area contributed by atoms with E-state index in [4.69, 9.17) is 16.3 Å². The van der Waals surface area contributed by atoms with Crippen molar-refractivity contribution >= 4 is 34.1 Å². The molecule has 0 unspecified atom stereocenters. The van der Waals surface area contributed by atoms with Gasteiger partial charge in [0.05, 0.1) is 22.5 Å². The number of aromatic amines is 1. The first-order chi connectivity index (χ1) is 8.28. The minimum absolute atomic E-state index is 0.549. The molecule has 0 aromatic carbocycles. The highest BCUT2D eigenvalue weighted by atomic mass is 35.5. The highest BCUT2D eigenvalue weighted by Crippen LogP contribution is 2.32. The lowest BCUT2D eigenvalue weighted by atomic mass is 10.4. The van der Waals surface area contributed by atoms with Crippen LogP contribution in [-0.2, 0) is 0 Å². The number of ether oxygens (including phenoxy) is 1. The van der Waals surface area contributed by atoms with E-state index in [0.29, 0.717) is 16.5 Å². The molecule has 3 heterocycles. The molecule has 3 rings (SSSR count). The maximum Gasteiger partial charge on any atom is 0.215 e. The zero-order valence-corrected chi connectivity index (χ0v) is 10.5. The average Bonchev–Trinajstić information content (AvgIpc) is 2.93. The van der Waals surface area contributed by atoms with Gasteiger partial charge in [-0.05, 0) is 17.5 Å². The van der Waals surface area contributed by atoms with E-state index in [0.717, 1.165) is 16.2 Å². The normalized spacial score (nSPS) is 10.9. The van der Waals surface area contributed by atoms with E-state index in [1.165, 1.54) is 0 Å². The Labute approximate surface area is 106 Å². The summed E-state index contributed by atoms with van der Waals surface area (Å²) >= 11 is 7.61. The molecule has 0 spiro atoms. The van der Waals surface area contributed by atoms with Crippen molar-refractivity contribution in [1.29, 1.82) is 0 Å². The zero-order valence-electron chi connectivity index (χ0n) is 8.90. The molecule has 0 aliphatic rings. The molecule has 17 heavy (non-hydrogen) atoms. The third-order valence-corrected chi connectivity index (χ3v) is 3.71. The molecule has 3 aromatic heterocycles. The third kappa shape index (κ3) is 1.77. The topological polar surface area (TPSA) is 50.8 Å². The maximum atomic E-state index is 6.07. The quantitative estimate of drug-likeness (QED) is 0.773. The number of halogens is 1. The van der Waals surface area contributed by atoms with Crippen LogP contribution in [0.2, 0.25) is 5.02 Å². The predicted molar refractivity (Wildman–Crippen MR) is 68.8 cm³/mol. The molecule has 0 aliphatic carbocycles. The van der Waals surface area contributed by atoms with Gasteiger partial charge >= 0.3 is 0 Å². The van der Waals surface area contributed by atoms with Crippen molar-refractivity contribution in [3.05, 3.63) is 28.6 Å². The van der Waals surface area contributed by atoms with E-state index in [9.17, 15) is 0 Å². The highest BCUT2D eigenvalue weighted by Gasteiger charge is 2.11. The van der Waals surface area contributed by atoms with Crippen LogP contribution in [0.25, 0.3) is 21.9 Å². The third-order valence-electron chi connectivity index (χ3n) is 2.36. The van der Waals surface area contributed by atoms with Gasteiger partial charge in [-0.1, -0.05) is 11.6 Å². The predicted octanol–water partition coefficient (Wildman–Crippen LogP) is 3.35. The van der Waals surface area contributed by atoms with Crippen LogP contribution in [0.5, 0.6) is 5.88 Å². The fraction of sp³-hybridized carbons (Fsp3) is 0.0909. The number of thiophene rings is 1. The number of hydrogen-bond donors (Lipinski definition) is 1. The van der Waals surface area contributed by atoms with Gasteiger partial charge < -0.3 is 9.72 Å². The van der Waals surface area contributed by atoms with Crippen molar-refractivity contribution in [2.75, 3.05) is 7.11 Å². The summed E-state index contributed by atoms with van der Waals surface area (Å²) in [5.74, 6) is 1.29. The summed E-state index contributed by atoms with van der Waals surface area (Å²) in [4.78, 5) is 12.8. The van der Waals surface area contributed by atoms with E-state index in [-0.39, 0.29) is 0 Å². The molecule has 0 bridgehead atoms. The molecule has 6 heteroatoms. The Bertz CT molecular complexity index is 676. The molecule has 0 fully saturated rings. The van der Waals surface area contributed by atoms with Crippen molar-refractivity contribution in [3.63, 3.8) is 0 Å². The Hall–Kier alpha value is -1.59. The fourth-order valence-electron chi connectivity index (χ4n) is 1.56. The van der Waals surface area contributed by atoms with Crippen molar-refractivity contribution in [2.45, 2.75) is 0 Å². The molecule has 0 saturated carbocycles. The largest absolute Gasteiger partial charge is 0.481 e. The molecule has 3 aromatic rings. The Morgan fingerprint density at radius 1 is 1.29 bits per heavy atom. The van der Waals surface area contributed by atoms with E-state index < -0.39 is 0 Å². The molecule has 0 radical (unpaired) electrons. The van der Waals surface area contributed by atoms with Gasteiger partial charge in [0.2, 0.25) is 5.88 Å². The van der Waals surface area contributed by atoms with Crippen LogP contribution >= 0.6 is 22.9 Å². The summed E-state index contributed by atoms with van der Waals surface area (Å²) in [5, 5.41) is 2.62. The van der Waals surface area contributed by atoms with Crippen LogP contribution in [0.4, 0.5) is 0 Å². The lowest BCUT2D eigenvalue weighted by Crippen LogP contribution is -1.86. The number of rotatable bonds is 2. The highest BCUT2D eigenvalue weighted by molar-refractivity contribution is 7.14. The van der Waals surface area contributed by atoms with E-state index >= 15 is 0 Å². The second kappa shape index (κ2) is 4.01. The molecule has 0 atom stereocenters. The number of methoxy groups -OCH3 is 1. The van der Waals surface area contributed by atoms with Gasteiger partial charge in [0, 0.05) is 6.07 Å². The summed E-state index contributed by atoms with van der Waals surface area (Å²) in [7, 11) is 1.58. The first-order valence-electron chi connectivity index (χ1n) is 4.92. The SMILES string of the molecule is COc1ccc2[nH]c(-c3sccc3Cl)nc2n1. The number of pyridine rings is 1. The van der Waals surface area contributed by atoms with Crippen LogP contribution in [0.3, 0.4) is 0 Å². The summed E-state index contributed by atoms with van der Waals surface area (Å²) in [5.41, 5.74) is 1.49. The van der Waals surface area contributed by atoms with Crippen LogP contribution in [0.15, 0.2) is 23.6 Å². The first kappa shape index (κ1) is 10.6. The Morgan fingerprint density at radius 2 is 2.18 bits per heavy atom. The van der Waals surface area contributed by atoms with Gasteiger partial charge in [-0.3, -0.25) is 0 Å². The Kier molecular flexibility index (Phi) is 2.49. The van der Waals surface area contributed by atoms with Crippen molar-refractivity contribution in [1.82, 2.24) is 15.0 Å². The average molecular weight is 266 g/mol. The molecule has 0 aliphatic heterocycles. The lowest BCUT2D eigenvalue weighted by Gasteiger charge is -1.95. The summed E-state index contributed by atoms with van der Waals surface area (Å²) in [6, 6.07) is 5.53. The van der Waals surface area contributed by atoms with Crippen molar-refractivity contribution in [3.8, 4) is 16.6 Å². The maximum absolute atomic E-state index is 6.07. The monoisotopic (exact) mass is 265 g/mol. The van der Waals surface area contributed by atoms with E-state index in [1.54, 1.807) is 24.5 Å². The number of aromatic nitrogens is 3. The van der Waals surface area contributed by atoms with Gasteiger partial charge in [-0.15, -0.1) is 11.3 Å². The number of fused-ring (bicyclic) bond motifs is 1. The van der Waals surface area contributed by atoms with Gasteiger partial charge in [0.1, 0.15) is 0 Å². The number of H-pyrrole nitrogens is 1. The van der Waals surface area contributed by atoms with Gasteiger partial charge in [-0.2, -0.15) is 4.98 Å². The second-order valence-electron chi connectivity index (χ2n) is 3.41. The van der Waals surface area contributed by atoms with Crippen LogP contribution < -0.4 is 4.74 Å². The number of nitrogens with one attached hydrogen (secondary N) is 1. The molecule has 1 N–H and O–H groups in total. The molecule has 0 saturated heterocycles. The van der Waals surface area contributed by atoms with Gasteiger partial charge in [0.15, 0.2) is 11.5 Å². The molecule has 4 nitrogen and oxygen atoms in total. The Balaban J connectivity index is 2.17. The fourth-order valence-corrected chi connectivity index (χ4v) is 2.65. The number of imidazole rings is 1. The van der Waals surface area contributed by atoms with Crippen LogP contribution in [0, 0.1) is 0 Å². The Morgan fingerprint density at radius 3 is 2.88 bits per heavy atom. The number of nitrogens with zero attached hydrogens (tertiary/aromatic N) is 2. The minimum Gasteiger partial charge on any atom is -0.481 e. The van der Waals surface area contributed by atoms with E-state index in [2.05, 4.69) is 15.0 Å². The van der Waals surface area contributed by atoms with Gasteiger partial charge in [-0.25, -0.2) is 4.98 Å².